The number of thioether (sulfide) groups is 1. The molecule has 0 saturated carbocycles. The summed E-state index contributed by atoms with van der Waals surface area (Å²) in [5.41, 5.74) is 2.59. The van der Waals surface area contributed by atoms with E-state index in [1.807, 2.05) is 24.3 Å². The summed E-state index contributed by atoms with van der Waals surface area (Å²) in [5, 5.41) is 2.68. The topological polar surface area (TPSA) is 38.3 Å². The quantitative estimate of drug-likeness (QED) is 0.558. The Bertz CT molecular complexity index is 900. The summed E-state index contributed by atoms with van der Waals surface area (Å²) in [6, 6.07) is 19.8. The van der Waals surface area contributed by atoms with E-state index in [0.717, 1.165) is 22.4 Å². The normalized spacial score (nSPS) is 10.8. The molecule has 0 bridgehead atoms. The number of hydrogen-bond acceptors (Lipinski definition) is 3. The minimum Gasteiger partial charge on any atom is -0.496 e. The Balaban J connectivity index is 1.67. The fraction of sp³-hybridized carbons (Fsp3) is 0.174. The molecule has 1 amide bonds. The van der Waals surface area contributed by atoms with Crippen LogP contribution in [0.1, 0.15) is 21.9 Å². The molecule has 0 fully saturated rings. The van der Waals surface area contributed by atoms with Crippen molar-refractivity contribution in [3.8, 4) is 5.75 Å². The number of hydrogen-bond donors (Lipinski definition) is 1. The molecule has 0 radical (unpaired) electrons. The van der Waals surface area contributed by atoms with Gasteiger partial charge >= 0.3 is 0 Å². The third kappa shape index (κ3) is 5.81. The molecule has 0 aliphatic carbocycles. The lowest BCUT2D eigenvalue weighted by molar-refractivity contribution is -0.118. The Morgan fingerprint density at radius 1 is 0.931 bits per heavy atom. The van der Waals surface area contributed by atoms with Gasteiger partial charge in [0, 0.05) is 12.1 Å². The molecule has 150 valence electrons. The maximum absolute atomic E-state index is 13.3. The molecule has 6 heteroatoms. The zero-order valence-electron chi connectivity index (χ0n) is 15.9. The van der Waals surface area contributed by atoms with Gasteiger partial charge in [-0.1, -0.05) is 42.5 Å². The SMILES string of the molecule is COc1ccccc1CNC(=O)CSC(c1ccc(F)cc1)c1ccc(F)cc1. The summed E-state index contributed by atoms with van der Waals surface area (Å²) < 4.78 is 31.9. The first kappa shape index (κ1) is 20.9. The molecule has 0 unspecified atom stereocenters. The first-order chi connectivity index (χ1) is 14.1. The smallest absolute Gasteiger partial charge is 0.230 e. The predicted molar refractivity (Wildman–Crippen MR) is 112 cm³/mol. The van der Waals surface area contributed by atoms with E-state index in [1.165, 1.54) is 36.0 Å². The summed E-state index contributed by atoms with van der Waals surface area (Å²) in [6.45, 7) is 0.362. The van der Waals surface area contributed by atoms with Gasteiger partial charge in [-0.05, 0) is 41.5 Å². The molecular formula is C23H21F2NO2S. The fourth-order valence-corrected chi connectivity index (χ4v) is 4.03. The summed E-state index contributed by atoms with van der Waals surface area (Å²) in [6.07, 6.45) is 0. The average molecular weight is 413 g/mol. The highest BCUT2D eigenvalue weighted by molar-refractivity contribution is 8.00. The van der Waals surface area contributed by atoms with Crippen molar-refractivity contribution in [3.05, 3.63) is 101 Å². The number of nitrogens with one attached hydrogen (secondary N) is 1. The number of benzene rings is 3. The molecule has 29 heavy (non-hydrogen) atoms. The van der Waals surface area contributed by atoms with Crippen LogP contribution in [-0.2, 0) is 11.3 Å². The number of halogens is 2. The zero-order valence-corrected chi connectivity index (χ0v) is 16.7. The maximum Gasteiger partial charge on any atom is 0.230 e. The third-order valence-electron chi connectivity index (χ3n) is 4.40. The van der Waals surface area contributed by atoms with Gasteiger partial charge in [0.2, 0.25) is 5.91 Å². The monoisotopic (exact) mass is 413 g/mol. The summed E-state index contributed by atoms with van der Waals surface area (Å²) >= 11 is 1.40. The first-order valence-electron chi connectivity index (χ1n) is 9.08. The van der Waals surface area contributed by atoms with Gasteiger partial charge in [0.25, 0.3) is 0 Å². The minimum absolute atomic E-state index is 0.130. The van der Waals surface area contributed by atoms with Gasteiger partial charge < -0.3 is 10.1 Å². The van der Waals surface area contributed by atoms with Crippen molar-refractivity contribution >= 4 is 17.7 Å². The molecule has 3 aromatic rings. The van der Waals surface area contributed by atoms with Crippen molar-refractivity contribution in [2.75, 3.05) is 12.9 Å². The second-order valence-corrected chi connectivity index (χ2v) is 7.48. The average Bonchev–Trinajstić information content (AvgIpc) is 2.75. The number of amides is 1. The van der Waals surface area contributed by atoms with Crippen molar-refractivity contribution in [2.45, 2.75) is 11.8 Å². The van der Waals surface area contributed by atoms with E-state index >= 15 is 0 Å². The zero-order chi connectivity index (χ0) is 20.6. The molecule has 0 aliphatic rings. The van der Waals surface area contributed by atoms with Gasteiger partial charge in [-0.3, -0.25) is 4.79 Å². The summed E-state index contributed by atoms with van der Waals surface area (Å²) in [4.78, 5) is 12.4. The second kappa shape index (κ2) is 10.1. The Hall–Kier alpha value is -2.86. The van der Waals surface area contributed by atoms with E-state index < -0.39 is 0 Å². The van der Waals surface area contributed by atoms with Crippen LogP contribution in [0.3, 0.4) is 0 Å². The highest BCUT2D eigenvalue weighted by atomic mass is 32.2. The van der Waals surface area contributed by atoms with Gasteiger partial charge in [0.1, 0.15) is 17.4 Å². The molecule has 3 nitrogen and oxygen atoms in total. The highest BCUT2D eigenvalue weighted by Crippen LogP contribution is 2.35. The second-order valence-electron chi connectivity index (χ2n) is 6.38. The van der Waals surface area contributed by atoms with Gasteiger partial charge in [-0.2, -0.15) is 0 Å². The number of carbonyl (C=O) groups is 1. The van der Waals surface area contributed by atoms with Gasteiger partial charge in [0.15, 0.2) is 0 Å². The molecule has 0 aromatic heterocycles. The third-order valence-corrected chi connectivity index (χ3v) is 5.70. The largest absolute Gasteiger partial charge is 0.496 e. The number of ether oxygens (including phenoxy) is 1. The number of rotatable bonds is 8. The van der Waals surface area contributed by atoms with Crippen LogP contribution in [0.15, 0.2) is 72.8 Å². The van der Waals surface area contributed by atoms with Gasteiger partial charge in [0.05, 0.1) is 18.1 Å². The van der Waals surface area contributed by atoms with Crippen molar-refractivity contribution < 1.29 is 18.3 Å². The molecule has 0 spiro atoms. The molecule has 0 aliphatic heterocycles. The molecule has 0 heterocycles. The van der Waals surface area contributed by atoms with E-state index in [9.17, 15) is 13.6 Å². The number of para-hydroxylation sites is 1. The Labute approximate surface area is 173 Å². The predicted octanol–water partition coefficient (Wildman–Crippen LogP) is 5.11. The van der Waals surface area contributed by atoms with E-state index in [2.05, 4.69) is 5.32 Å². The number of carbonyl (C=O) groups excluding carboxylic acids is 1. The van der Waals surface area contributed by atoms with Crippen molar-refractivity contribution in [1.82, 2.24) is 5.32 Å². The van der Waals surface area contributed by atoms with Crippen LogP contribution < -0.4 is 10.1 Å². The van der Waals surface area contributed by atoms with Gasteiger partial charge in [-0.25, -0.2) is 8.78 Å². The minimum atomic E-state index is -0.328. The van der Waals surface area contributed by atoms with E-state index in [0.29, 0.717) is 6.54 Å². The molecule has 1 N–H and O–H groups in total. The standard InChI is InChI=1S/C23H21F2NO2S/c1-28-21-5-3-2-4-18(21)14-26-22(27)15-29-23(16-6-10-19(24)11-7-16)17-8-12-20(25)13-9-17/h2-13,23H,14-15H2,1H3,(H,26,27). The summed E-state index contributed by atoms with van der Waals surface area (Å²) in [5.74, 6) is 0.137. The highest BCUT2D eigenvalue weighted by Gasteiger charge is 2.17. The van der Waals surface area contributed by atoms with E-state index in [1.54, 1.807) is 31.4 Å². The lowest BCUT2D eigenvalue weighted by Gasteiger charge is -2.18. The molecular weight excluding hydrogens is 392 g/mol. The molecule has 0 saturated heterocycles. The van der Waals surface area contributed by atoms with Crippen molar-refractivity contribution in [2.24, 2.45) is 0 Å². The lowest BCUT2D eigenvalue weighted by Crippen LogP contribution is -2.25. The first-order valence-corrected chi connectivity index (χ1v) is 10.1. The van der Waals surface area contributed by atoms with Crippen molar-refractivity contribution in [1.29, 1.82) is 0 Å². The van der Waals surface area contributed by atoms with Crippen molar-refractivity contribution in [3.63, 3.8) is 0 Å². The van der Waals surface area contributed by atoms with Crippen LogP contribution in [0.5, 0.6) is 5.75 Å². The van der Waals surface area contributed by atoms with Gasteiger partial charge in [-0.15, -0.1) is 11.8 Å². The lowest BCUT2D eigenvalue weighted by atomic mass is 10.0. The number of methoxy groups -OCH3 is 1. The van der Waals surface area contributed by atoms with Crippen LogP contribution >= 0.6 is 11.8 Å². The maximum atomic E-state index is 13.3. The Kier molecular flexibility index (Phi) is 7.25. The molecule has 3 aromatic carbocycles. The van der Waals surface area contributed by atoms with Crippen LogP contribution in [0, 0.1) is 11.6 Å². The van der Waals surface area contributed by atoms with Crippen LogP contribution in [0.2, 0.25) is 0 Å². The van der Waals surface area contributed by atoms with Crippen LogP contribution in [0.4, 0.5) is 8.78 Å². The summed E-state index contributed by atoms with van der Waals surface area (Å²) in [7, 11) is 1.59. The van der Waals surface area contributed by atoms with Crippen LogP contribution in [0.25, 0.3) is 0 Å². The fourth-order valence-electron chi connectivity index (χ4n) is 2.91. The molecule has 3 rings (SSSR count). The Morgan fingerprint density at radius 3 is 2.03 bits per heavy atom. The Morgan fingerprint density at radius 2 is 1.48 bits per heavy atom. The van der Waals surface area contributed by atoms with Crippen LogP contribution in [-0.4, -0.2) is 18.8 Å². The van der Waals surface area contributed by atoms with E-state index in [-0.39, 0.29) is 28.5 Å². The van der Waals surface area contributed by atoms with E-state index in [4.69, 9.17) is 4.74 Å². The molecule has 0 atom stereocenters.